The lowest BCUT2D eigenvalue weighted by molar-refractivity contribution is 0.403. The van der Waals surface area contributed by atoms with Gasteiger partial charge in [0, 0.05) is 11.3 Å². The summed E-state index contributed by atoms with van der Waals surface area (Å²) in [6, 6.07) is 5.11. The van der Waals surface area contributed by atoms with Crippen LogP contribution in [0.3, 0.4) is 0 Å². The summed E-state index contributed by atoms with van der Waals surface area (Å²) in [4.78, 5) is 1.75. The Balaban J connectivity index is 2.04. The number of anilines is 1. The van der Waals surface area contributed by atoms with Crippen molar-refractivity contribution in [2.75, 3.05) is 30.6 Å². The fraction of sp³-hybridized carbons (Fsp3) is 0.462. The van der Waals surface area contributed by atoms with Crippen molar-refractivity contribution in [3.8, 4) is 11.5 Å². The number of nitrogens with zero attached hydrogens (tertiary/aromatic N) is 1. The van der Waals surface area contributed by atoms with Gasteiger partial charge in [-0.2, -0.15) is 0 Å². The van der Waals surface area contributed by atoms with Crippen molar-refractivity contribution in [2.24, 2.45) is 0 Å². The molecule has 0 aromatic heterocycles. The summed E-state index contributed by atoms with van der Waals surface area (Å²) in [5.74, 6) is 1.46. The SMILES string of the molecule is COc1ccc(OC)c(N2C(=N)S[C@H]3CS(=O)(=O)C[C@H]32)c1. The molecule has 21 heavy (non-hydrogen) atoms. The van der Waals surface area contributed by atoms with E-state index in [4.69, 9.17) is 14.9 Å². The third-order valence-electron chi connectivity index (χ3n) is 3.73. The average molecular weight is 328 g/mol. The molecular formula is C13H16N2O4S2. The highest BCUT2D eigenvalue weighted by Crippen LogP contribution is 2.44. The summed E-state index contributed by atoms with van der Waals surface area (Å²) >= 11 is 1.31. The van der Waals surface area contributed by atoms with Crippen LogP contribution in [-0.2, 0) is 9.84 Å². The van der Waals surface area contributed by atoms with Gasteiger partial charge in [0.2, 0.25) is 0 Å². The van der Waals surface area contributed by atoms with Gasteiger partial charge in [0.05, 0.1) is 37.5 Å². The Hall–Kier alpha value is -1.41. The molecule has 2 aliphatic heterocycles. The van der Waals surface area contributed by atoms with E-state index in [9.17, 15) is 8.42 Å². The number of nitrogens with one attached hydrogen (secondary N) is 1. The second-order valence-electron chi connectivity index (χ2n) is 5.01. The van der Waals surface area contributed by atoms with Crippen molar-refractivity contribution in [3.63, 3.8) is 0 Å². The van der Waals surface area contributed by atoms with E-state index in [-0.39, 0.29) is 22.8 Å². The van der Waals surface area contributed by atoms with Gasteiger partial charge in [-0.05, 0) is 12.1 Å². The first-order chi connectivity index (χ1) is 9.95. The van der Waals surface area contributed by atoms with Crippen LogP contribution in [0.15, 0.2) is 18.2 Å². The molecule has 1 aromatic carbocycles. The highest BCUT2D eigenvalue weighted by Gasteiger charge is 2.49. The maximum atomic E-state index is 11.8. The largest absolute Gasteiger partial charge is 0.497 e. The van der Waals surface area contributed by atoms with E-state index < -0.39 is 9.84 Å². The predicted octanol–water partition coefficient (Wildman–Crippen LogP) is 1.36. The van der Waals surface area contributed by atoms with Crippen molar-refractivity contribution < 1.29 is 17.9 Å². The fourth-order valence-corrected chi connectivity index (χ4v) is 6.56. The number of hydrogen-bond donors (Lipinski definition) is 1. The zero-order chi connectivity index (χ0) is 15.2. The molecule has 3 rings (SSSR count). The molecule has 0 spiro atoms. The lowest BCUT2D eigenvalue weighted by atomic mass is 10.2. The van der Waals surface area contributed by atoms with Crippen LogP contribution in [-0.4, -0.2) is 50.6 Å². The summed E-state index contributed by atoms with van der Waals surface area (Å²) in [7, 11) is 0.0882. The van der Waals surface area contributed by atoms with Crippen LogP contribution in [0.5, 0.6) is 11.5 Å². The number of hydrogen-bond acceptors (Lipinski definition) is 6. The molecule has 6 nitrogen and oxygen atoms in total. The minimum atomic E-state index is -3.04. The van der Waals surface area contributed by atoms with E-state index in [1.165, 1.54) is 11.8 Å². The Morgan fingerprint density at radius 2 is 2.05 bits per heavy atom. The van der Waals surface area contributed by atoms with Gasteiger partial charge in [-0.1, -0.05) is 11.8 Å². The van der Waals surface area contributed by atoms with Crippen LogP contribution in [0.25, 0.3) is 0 Å². The number of amidine groups is 1. The van der Waals surface area contributed by atoms with Gasteiger partial charge in [-0.3, -0.25) is 5.41 Å². The zero-order valence-corrected chi connectivity index (χ0v) is 13.3. The summed E-state index contributed by atoms with van der Waals surface area (Å²) < 4.78 is 34.3. The van der Waals surface area contributed by atoms with E-state index in [1.54, 1.807) is 37.3 Å². The van der Waals surface area contributed by atoms with Crippen LogP contribution in [0.4, 0.5) is 5.69 Å². The van der Waals surface area contributed by atoms with Crippen molar-refractivity contribution in [1.29, 1.82) is 5.41 Å². The van der Waals surface area contributed by atoms with E-state index in [2.05, 4.69) is 0 Å². The van der Waals surface area contributed by atoms with Gasteiger partial charge in [0.1, 0.15) is 11.5 Å². The molecule has 0 saturated carbocycles. The maximum absolute atomic E-state index is 11.8. The first kappa shape index (κ1) is 14.5. The summed E-state index contributed by atoms with van der Waals surface area (Å²) in [6.45, 7) is 0. The van der Waals surface area contributed by atoms with E-state index in [0.29, 0.717) is 22.4 Å². The quantitative estimate of drug-likeness (QED) is 0.902. The first-order valence-electron chi connectivity index (χ1n) is 6.42. The molecule has 1 N–H and O–H groups in total. The molecule has 2 heterocycles. The minimum Gasteiger partial charge on any atom is -0.497 e. The van der Waals surface area contributed by atoms with Gasteiger partial charge < -0.3 is 14.4 Å². The molecule has 2 aliphatic rings. The normalized spacial score (nSPS) is 26.8. The van der Waals surface area contributed by atoms with Gasteiger partial charge in [-0.15, -0.1) is 0 Å². The van der Waals surface area contributed by atoms with Crippen LogP contribution in [0.1, 0.15) is 0 Å². The molecule has 1 aromatic rings. The molecule has 2 saturated heterocycles. The van der Waals surface area contributed by atoms with Crippen LogP contribution < -0.4 is 14.4 Å². The van der Waals surface area contributed by atoms with Crippen molar-refractivity contribution >= 4 is 32.5 Å². The third-order valence-corrected chi connectivity index (χ3v) is 6.86. The number of benzene rings is 1. The van der Waals surface area contributed by atoms with Crippen molar-refractivity contribution in [3.05, 3.63) is 18.2 Å². The van der Waals surface area contributed by atoms with Gasteiger partial charge in [0.15, 0.2) is 15.0 Å². The monoisotopic (exact) mass is 328 g/mol. The maximum Gasteiger partial charge on any atom is 0.161 e. The highest BCUT2D eigenvalue weighted by atomic mass is 32.2. The van der Waals surface area contributed by atoms with Crippen molar-refractivity contribution in [1.82, 2.24) is 0 Å². The highest BCUT2D eigenvalue weighted by molar-refractivity contribution is 8.15. The fourth-order valence-electron chi connectivity index (χ4n) is 2.77. The number of ether oxygens (including phenoxy) is 2. The first-order valence-corrected chi connectivity index (χ1v) is 9.12. The van der Waals surface area contributed by atoms with Crippen molar-refractivity contribution in [2.45, 2.75) is 11.3 Å². The number of fused-ring (bicyclic) bond motifs is 1. The molecule has 114 valence electrons. The Labute approximate surface area is 127 Å². The van der Waals surface area contributed by atoms with E-state index >= 15 is 0 Å². The Morgan fingerprint density at radius 1 is 1.29 bits per heavy atom. The number of rotatable bonds is 3. The average Bonchev–Trinajstić information content (AvgIpc) is 2.88. The number of thioether (sulfide) groups is 1. The van der Waals surface area contributed by atoms with Gasteiger partial charge in [0.25, 0.3) is 0 Å². The second-order valence-corrected chi connectivity index (χ2v) is 8.40. The van der Waals surface area contributed by atoms with Crippen LogP contribution in [0, 0.1) is 5.41 Å². The van der Waals surface area contributed by atoms with Gasteiger partial charge >= 0.3 is 0 Å². The Bertz CT molecular complexity index is 689. The minimum absolute atomic E-state index is 0.0768. The van der Waals surface area contributed by atoms with Gasteiger partial charge in [-0.25, -0.2) is 8.42 Å². The lowest BCUT2D eigenvalue weighted by Crippen LogP contribution is -2.37. The molecule has 0 radical (unpaired) electrons. The summed E-state index contributed by atoms with van der Waals surface area (Å²) in [6.07, 6.45) is 0. The number of methoxy groups -OCH3 is 2. The smallest absolute Gasteiger partial charge is 0.161 e. The van der Waals surface area contributed by atoms with E-state index in [0.717, 1.165) is 0 Å². The summed E-state index contributed by atoms with van der Waals surface area (Å²) in [5, 5.41) is 8.44. The molecule has 8 heteroatoms. The molecule has 2 fully saturated rings. The molecular weight excluding hydrogens is 312 g/mol. The van der Waals surface area contributed by atoms with Crippen LogP contribution in [0.2, 0.25) is 0 Å². The molecule has 0 amide bonds. The van der Waals surface area contributed by atoms with E-state index in [1.807, 2.05) is 0 Å². The topological polar surface area (TPSA) is 79.7 Å². The summed E-state index contributed by atoms with van der Waals surface area (Å²) in [5.41, 5.74) is 0.680. The zero-order valence-electron chi connectivity index (χ0n) is 11.7. The van der Waals surface area contributed by atoms with Crippen LogP contribution >= 0.6 is 11.8 Å². The lowest BCUT2D eigenvalue weighted by Gasteiger charge is -2.26. The third kappa shape index (κ3) is 2.46. The Morgan fingerprint density at radius 3 is 2.71 bits per heavy atom. The predicted molar refractivity (Wildman–Crippen MR) is 83.6 cm³/mol. The molecule has 2 atom stereocenters. The molecule has 0 aliphatic carbocycles. The molecule has 0 unspecified atom stereocenters. The second kappa shape index (κ2) is 5.10. The number of sulfone groups is 1. The Kier molecular flexibility index (Phi) is 3.53. The molecule has 0 bridgehead atoms. The standard InChI is InChI=1S/C13H16N2O4S2/c1-18-8-3-4-11(19-2)9(5-8)15-10-6-21(16,17)7-12(10)20-13(15)14/h3-5,10,12,14H,6-7H2,1-2H3/t10-,12+/m1/s1.